The summed E-state index contributed by atoms with van der Waals surface area (Å²) in [7, 11) is 0. The van der Waals surface area contributed by atoms with Gasteiger partial charge in [-0.25, -0.2) is 0 Å². The third kappa shape index (κ3) is 4.38. The quantitative estimate of drug-likeness (QED) is 0.414. The maximum Gasteiger partial charge on any atom is 0.134 e. The molecule has 0 aromatic heterocycles. The average Bonchev–Trinajstić information content (AvgIpc) is 2.28. The first-order chi connectivity index (χ1) is 7.66. The van der Waals surface area contributed by atoms with Gasteiger partial charge in [0.05, 0.1) is 11.1 Å². The Hall–Kier alpha value is 0.460. The van der Waals surface area contributed by atoms with Crippen molar-refractivity contribution in [1.82, 2.24) is 0 Å². The maximum absolute atomic E-state index is 5.72. The molecular formula is C12H15Br3O. The highest BCUT2D eigenvalue weighted by molar-refractivity contribution is 9.14. The van der Waals surface area contributed by atoms with Gasteiger partial charge in [0.15, 0.2) is 0 Å². The molecule has 0 N–H and O–H groups in total. The smallest absolute Gasteiger partial charge is 0.134 e. The van der Waals surface area contributed by atoms with Crippen molar-refractivity contribution in [2.24, 2.45) is 0 Å². The summed E-state index contributed by atoms with van der Waals surface area (Å²) in [6, 6.07) is 3.95. The molecule has 0 fully saturated rings. The fourth-order valence-corrected chi connectivity index (χ4v) is 2.71. The number of unbranched alkanes of at least 4 members (excludes halogenated alkanes) is 3. The third-order valence-electron chi connectivity index (χ3n) is 2.26. The summed E-state index contributed by atoms with van der Waals surface area (Å²) in [5.74, 6) is 0.895. The number of halogens is 3. The Morgan fingerprint density at radius 2 is 1.75 bits per heavy atom. The standard InChI is InChI=1S/C12H15Br3O/c1-2-3-4-5-8-16-10-7-6-9(13)11(14)12(10)15/h6-7H,2-5,8H2,1H3. The summed E-state index contributed by atoms with van der Waals surface area (Å²) < 4.78 is 8.72. The molecule has 16 heavy (non-hydrogen) atoms. The van der Waals surface area contributed by atoms with Gasteiger partial charge in [0.2, 0.25) is 0 Å². The van der Waals surface area contributed by atoms with Crippen molar-refractivity contribution in [3.05, 3.63) is 25.6 Å². The molecule has 4 heteroatoms. The molecular weight excluding hydrogens is 400 g/mol. The van der Waals surface area contributed by atoms with Crippen LogP contribution in [-0.4, -0.2) is 6.61 Å². The van der Waals surface area contributed by atoms with Crippen LogP contribution < -0.4 is 4.74 Å². The summed E-state index contributed by atoms with van der Waals surface area (Å²) in [6.07, 6.45) is 4.90. The monoisotopic (exact) mass is 412 g/mol. The van der Waals surface area contributed by atoms with Gasteiger partial charge in [0.25, 0.3) is 0 Å². The van der Waals surface area contributed by atoms with Gasteiger partial charge >= 0.3 is 0 Å². The SMILES string of the molecule is CCCCCCOc1ccc(Br)c(Br)c1Br. The molecule has 0 atom stereocenters. The average molecular weight is 415 g/mol. The Kier molecular flexibility index (Phi) is 7.01. The zero-order valence-corrected chi connectivity index (χ0v) is 14.0. The summed E-state index contributed by atoms with van der Waals surface area (Å²) in [4.78, 5) is 0. The summed E-state index contributed by atoms with van der Waals surface area (Å²) in [6.45, 7) is 3.00. The molecule has 0 amide bonds. The molecule has 0 unspecified atom stereocenters. The minimum absolute atomic E-state index is 0.784. The van der Waals surface area contributed by atoms with E-state index in [9.17, 15) is 0 Å². The van der Waals surface area contributed by atoms with Crippen molar-refractivity contribution in [3.63, 3.8) is 0 Å². The first-order valence-corrected chi connectivity index (χ1v) is 7.81. The Balaban J connectivity index is 2.45. The Morgan fingerprint density at radius 1 is 1.00 bits per heavy atom. The number of benzene rings is 1. The van der Waals surface area contributed by atoms with Crippen LogP contribution in [0.15, 0.2) is 25.6 Å². The normalized spacial score (nSPS) is 10.5. The fourth-order valence-electron chi connectivity index (χ4n) is 1.33. The molecule has 90 valence electrons. The van der Waals surface area contributed by atoms with Gasteiger partial charge < -0.3 is 4.74 Å². The number of hydrogen-bond donors (Lipinski definition) is 0. The van der Waals surface area contributed by atoms with Gasteiger partial charge in [-0.1, -0.05) is 26.2 Å². The zero-order chi connectivity index (χ0) is 12.0. The van der Waals surface area contributed by atoms with Crippen LogP contribution in [0.3, 0.4) is 0 Å². The Morgan fingerprint density at radius 3 is 2.44 bits per heavy atom. The van der Waals surface area contributed by atoms with E-state index < -0.39 is 0 Å². The highest BCUT2D eigenvalue weighted by Gasteiger charge is 2.08. The molecule has 0 spiro atoms. The van der Waals surface area contributed by atoms with Crippen LogP contribution in [0, 0.1) is 0 Å². The second-order valence-corrected chi connectivity index (χ2v) is 6.02. The first-order valence-electron chi connectivity index (χ1n) is 5.43. The van der Waals surface area contributed by atoms with E-state index in [1.54, 1.807) is 0 Å². The minimum Gasteiger partial charge on any atom is -0.492 e. The molecule has 0 aliphatic heterocycles. The van der Waals surface area contributed by atoms with E-state index in [0.29, 0.717) is 0 Å². The van der Waals surface area contributed by atoms with Crippen LogP contribution >= 0.6 is 47.8 Å². The van der Waals surface area contributed by atoms with Gasteiger partial charge in [-0.3, -0.25) is 0 Å². The zero-order valence-electron chi connectivity index (χ0n) is 9.23. The van der Waals surface area contributed by atoms with Gasteiger partial charge in [0.1, 0.15) is 5.75 Å². The van der Waals surface area contributed by atoms with Crippen LogP contribution in [-0.2, 0) is 0 Å². The molecule has 0 aliphatic rings. The van der Waals surface area contributed by atoms with Crippen LogP contribution in [0.2, 0.25) is 0 Å². The van der Waals surface area contributed by atoms with Crippen molar-refractivity contribution >= 4 is 47.8 Å². The first kappa shape index (κ1) is 14.5. The minimum atomic E-state index is 0.784. The Bertz CT molecular complexity index is 339. The van der Waals surface area contributed by atoms with Gasteiger partial charge in [-0.2, -0.15) is 0 Å². The summed E-state index contributed by atoms with van der Waals surface area (Å²) >= 11 is 10.5. The molecule has 0 heterocycles. The van der Waals surface area contributed by atoms with Crippen LogP contribution in [0.5, 0.6) is 5.75 Å². The van der Waals surface area contributed by atoms with Crippen molar-refractivity contribution in [1.29, 1.82) is 0 Å². The largest absolute Gasteiger partial charge is 0.492 e. The van der Waals surface area contributed by atoms with Gasteiger partial charge in [-0.15, -0.1) is 0 Å². The maximum atomic E-state index is 5.72. The second-order valence-electron chi connectivity index (χ2n) is 3.58. The fraction of sp³-hybridized carbons (Fsp3) is 0.500. The molecule has 0 aliphatic carbocycles. The van der Waals surface area contributed by atoms with E-state index in [1.165, 1.54) is 19.3 Å². The lowest BCUT2D eigenvalue weighted by Crippen LogP contribution is -1.98. The van der Waals surface area contributed by atoms with Crippen LogP contribution in [0.25, 0.3) is 0 Å². The highest BCUT2D eigenvalue weighted by atomic mass is 79.9. The van der Waals surface area contributed by atoms with E-state index in [1.807, 2.05) is 12.1 Å². The van der Waals surface area contributed by atoms with E-state index in [4.69, 9.17) is 4.74 Å². The Labute approximate surface area is 122 Å². The molecule has 1 aromatic rings. The lowest BCUT2D eigenvalue weighted by molar-refractivity contribution is 0.303. The van der Waals surface area contributed by atoms with Crippen molar-refractivity contribution in [3.8, 4) is 5.75 Å². The predicted octanol–water partition coefficient (Wildman–Crippen LogP) is 5.93. The second kappa shape index (κ2) is 7.72. The van der Waals surface area contributed by atoms with E-state index in [2.05, 4.69) is 54.7 Å². The van der Waals surface area contributed by atoms with E-state index >= 15 is 0 Å². The molecule has 0 saturated heterocycles. The van der Waals surface area contributed by atoms with Crippen molar-refractivity contribution in [2.45, 2.75) is 32.6 Å². The summed E-state index contributed by atoms with van der Waals surface area (Å²) in [5, 5.41) is 0. The number of hydrogen-bond acceptors (Lipinski definition) is 1. The summed E-state index contributed by atoms with van der Waals surface area (Å²) in [5.41, 5.74) is 0. The molecule has 1 rings (SSSR count). The topological polar surface area (TPSA) is 9.23 Å². The predicted molar refractivity (Wildman–Crippen MR) is 79.2 cm³/mol. The van der Waals surface area contributed by atoms with E-state index in [0.717, 1.165) is 32.2 Å². The van der Waals surface area contributed by atoms with Gasteiger partial charge in [-0.05, 0) is 66.3 Å². The van der Waals surface area contributed by atoms with E-state index in [-0.39, 0.29) is 0 Å². The van der Waals surface area contributed by atoms with Crippen LogP contribution in [0.4, 0.5) is 0 Å². The highest BCUT2D eigenvalue weighted by Crippen LogP contribution is 2.37. The molecule has 0 radical (unpaired) electrons. The third-order valence-corrected chi connectivity index (χ3v) is 5.59. The molecule has 0 saturated carbocycles. The number of ether oxygens (including phenoxy) is 1. The molecule has 1 aromatic carbocycles. The molecule has 1 nitrogen and oxygen atoms in total. The van der Waals surface area contributed by atoms with Crippen LogP contribution in [0.1, 0.15) is 32.6 Å². The van der Waals surface area contributed by atoms with Crippen molar-refractivity contribution < 1.29 is 4.74 Å². The van der Waals surface area contributed by atoms with Gasteiger partial charge in [0, 0.05) is 8.95 Å². The number of rotatable bonds is 6. The van der Waals surface area contributed by atoms with Crippen molar-refractivity contribution in [2.75, 3.05) is 6.61 Å². The molecule has 0 bridgehead atoms. The lowest BCUT2D eigenvalue weighted by atomic mass is 10.2. The lowest BCUT2D eigenvalue weighted by Gasteiger charge is -2.10.